The van der Waals surface area contributed by atoms with Crippen LogP contribution in [0.3, 0.4) is 0 Å². The van der Waals surface area contributed by atoms with Gasteiger partial charge in [0, 0.05) is 12.4 Å². The van der Waals surface area contributed by atoms with E-state index < -0.39 is 5.97 Å². The Hall–Kier alpha value is -2.63. The van der Waals surface area contributed by atoms with Gasteiger partial charge in [-0.1, -0.05) is 11.2 Å². The molecule has 0 aromatic carbocycles. The Labute approximate surface area is 95.1 Å². The lowest BCUT2D eigenvalue weighted by Crippen LogP contribution is -1.95. The molecule has 0 unspecified atom stereocenters. The largest absolute Gasteiger partial charge is 0.477 e. The summed E-state index contributed by atoms with van der Waals surface area (Å²) in [6, 6.07) is 5.53. The number of carboxylic acids is 1. The van der Waals surface area contributed by atoms with E-state index in [1.807, 2.05) is 24.4 Å². The molecular formula is C11H7N3O3. The predicted molar refractivity (Wildman–Crippen MR) is 57.6 cm³/mol. The zero-order chi connectivity index (χ0) is 11.8. The van der Waals surface area contributed by atoms with Crippen molar-refractivity contribution in [3.8, 4) is 11.5 Å². The zero-order valence-electron chi connectivity index (χ0n) is 8.57. The van der Waals surface area contributed by atoms with Crippen molar-refractivity contribution in [1.82, 2.24) is 14.5 Å². The van der Waals surface area contributed by atoms with Crippen molar-refractivity contribution in [2.24, 2.45) is 0 Å². The third kappa shape index (κ3) is 1.46. The van der Waals surface area contributed by atoms with E-state index in [1.54, 1.807) is 10.6 Å². The highest BCUT2D eigenvalue weighted by atomic mass is 16.5. The van der Waals surface area contributed by atoms with Crippen LogP contribution in [0.2, 0.25) is 0 Å². The topological polar surface area (TPSA) is 80.6 Å². The van der Waals surface area contributed by atoms with Crippen LogP contribution in [-0.4, -0.2) is 25.6 Å². The lowest BCUT2D eigenvalue weighted by atomic mass is 10.2. The maximum atomic E-state index is 10.9. The van der Waals surface area contributed by atoms with E-state index in [-0.39, 0.29) is 11.3 Å². The van der Waals surface area contributed by atoms with Gasteiger partial charge < -0.3 is 14.0 Å². The molecule has 0 bridgehead atoms. The minimum atomic E-state index is -1.08. The Balaban J connectivity index is 2.20. The van der Waals surface area contributed by atoms with E-state index in [4.69, 9.17) is 9.63 Å². The summed E-state index contributed by atoms with van der Waals surface area (Å²) in [7, 11) is 0. The number of hydrogen-bond acceptors (Lipinski definition) is 4. The van der Waals surface area contributed by atoms with Crippen LogP contribution >= 0.6 is 0 Å². The molecule has 84 valence electrons. The van der Waals surface area contributed by atoms with Gasteiger partial charge in [-0.05, 0) is 12.1 Å². The van der Waals surface area contributed by atoms with Gasteiger partial charge in [0.05, 0.1) is 6.20 Å². The number of fused-ring (bicyclic) bond motifs is 1. The van der Waals surface area contributed by atoms with Crippen molar-refractivity contribution >= 4 is 11.6 Å². The number of aromatic nitrogens is 3. The van der Waals surface area contributed by atoms with Gasteiger partial charge in [-0.15, -0.1) is 0 Å². The summed E-state index contributed by atoms with van der Waals surface area (Å²) in [5.41, 5.74) is 1.18. The van der Waals surface area contributed by atoms with Gasteiger partial charge in [-0.2, -0.15) is 0 Å². The minimum Gasteiger partial charge on any atom is -0.477 e. The molecule has 0 spiro atoms. The number of carboxylic acid groups (broad SMARTS) is 1. The molecular weight excluding hydrogens is 222 g/mol. The van der Waals surface area contributed by atoms with Crippen LogP contribution in [0.15, 0.2) is 41.3 Å². The number of rotatable bonds is 2. The molecule has 3 aromatic rings. The van der Waals surface area contributed by atoms with Gasteiger partial charge in [-0.25, -0.2) is 9.78 Å². The Morgan fingerprint density at radius 1 is 1.41 bits per heavy atom. The average Bonchev–Trinajstić information content (AvgIpc) is 2.95. The molecule has 0 aliphatic carbocycles. The second-order valence-corrected chi connectivity index (χ2v) is 3.47. The highest BCUT2D eigenvalue weighted by molar-refractivity contribution is 5.93. The lowest BCUT2D eigenvalue weighted by Gasteiger charge is -1.89. The summed E-state index contributed by atoms with van der Waals surface area (Å²) < 4.78 is 6.72. The summed E-state index contributed by atoms with van der Waals surface area (Å²) in [6.07, 6.45) is 4.69. The second kappa shape index (κ2) is 3.44. The SMILES string of the molecule is O=C(O)c1cnoc1-c1cn2ccccc2n1. The number of carbonyl (C=O) groups is 1. The van der Waals surface area contributed by atoms with Crippen molar-refractivity contribution in [1.29, 1.82) is 0 Å². The van der Waals surface area contributed by atoms with Crippen molar-refractivity contribution in [3.05, 3.63) is 42.4 Å². The molecule has 0 amide bonds. The quantitative estimate of drug-likeness (QED) is 0.723. The van der Waals surface area contributed by atoms with Crippen molar-refractivity contribution < 1.29 is 14.4 Å². The highest BCUT2D eigenvalue weighted by Crippen LogP contribution is 2.22. The molecule has 3 aromatic heterocycles. The fraction of sp³-hybridized carbons (Fsp3) is 0. The van der Waals surface area contributed by atoms with E-state index in [1.165, 1.54) is 6.20 Å². The first-order valence-electron chi connectivity index (χ1n) is 4.88. The van der Waals surface area contributed by atoms with Crippen LogP contribution in [0.4, 0.5) is 0 Å². The summed E-state index contributed by atoms with van der Waals surface area (Å²) in [5.74, 6) is -0.917. The number of pyridine rings is 1. The first kappa shape index (κ1) is 9.59. The van der Waals surface area contributed by atoms with Crippen molar-refractivity contribution in [2.45, 2.75) is 0 Å². The zero-order valence-corrected chi connectivity index (χ0v) is 8.57. The number of hydrogen-bond donors (Lipinski definition) is 1. The van der Waals surface area contributed by atoms with E-state index in [9.17, 15) is 4.79 Å². The smallest absolute Gasteiger partial charge is 0.341 e. The third-order valence-electron chi connectivity index (χ3n) is 2.40. The van der Waals surface area contributed by atoms with E-state index in [2.05, 4.69) is 10.1 Å². The molecule has 0 aliphatic heterocycles. The molecule has 0 saturated heterocycles. The van der Waals surface area contributed by atoms with Crippen LogP contribution in [-0.2, 0) is 0 Å². The first-order valence-corrected chi connectivity index (χ1v) is 4.88. The van der Waals surface area contributed by atoms with Gasteiger partial charge in [0.15, 0.2) is 0 Å². The Bertz CT molecular complexity index is 666. The molecule has 6 nitrogen and oxygen atoms in total. The molecule has 0 aliphatic rings. The number of imidazole rings is 1. The Morgan fingerprint density at radius 2 is 2.29 bits per heavy atom. The Morgan fingerprint density at radius 3 is 3.06 bits per heavy atom. The van der Waals surface area contributed by atoms with E-state index in [0.29, 0.717) is 5.69 Å². The average molecular weight is 229 g/mol. The molecule has 0 fully saturated rings. The maximum Gasteiger partial charge on any atom is 0.341 e. The van der Waals surface area contributed by atoms with Gasteiger partial charge in [0.25, 0.3) is 0 Å². The molecule has 3 heterocycles. The van der Waals surface area contributed by atoms with Gasteiger partial charge in [0.2, 0.25) is 5.76 Å². The minimum absolute atomic E-state index is 0.00778. The summed E-state index contributed by atoms with van der Waals surface area (Å²) >= 11 is 0. The summed E-state index contributed by atoms with van der Waals surface area (Å²) in [4.78, 5) is 15.2. The van der Waals surface area contributed by atoms with Crippen LogP contribution in [0, 0.1) is 0 Å². The summed E-state index contributed by atoms with van der Waals surface area (Å²) in [5, 5.41) is 12.4. The monoisotopic (exact) mass is 229 g/mol. The molecule has 17 heavy (non-hydrogen) atoms. The third-order valence-corrected chi connectivity index (χ3v) is 2.40. The molecule has 3 rings (SSSR count). The standard InChI is InChI=1S/C11H7N3O3/c15-11(16)7-5-12-17-10(7)8-6-14-4-2-1-3-9(14)13-8/h1-6H,(H,15,16). The van der Waals surface area contributed by atoms with Gasteiger partial charge in [-0.3, -0.25) is 0 Å². The van der Waals surface area contributed by atoms with Crippen molar-refractivity contribution in [3.63, 3.8) is 0 Å². The number of nitrogens with zero attached hydrogens (tertiary/aromatic N) is 3. The molecule has 0 atom stereocenters. The van der Waals surface area contributed by atoms with Gasteiger partial charge >= 0.3 is 5.97 Å². The van der Waals surface area contributed by atoms with Crippen LogP contribution in [0.1, 0.15) is 10.4 Å². The van der Waals surface area contributed by atoms with Crippen LogP contribution in [0.25, 0.3) is 17.1 Å². The predicted octanol–water partition coefficient (Wildman–Crippen LogP) is 1.69. The van der Waals surface area contributed by atoms with E-state index >= 15 is 0 Å². The Kier molecular flexibility index (Phi) is 1.94. The van der Waals surface area contributed by atoms with Crippen LogP contribution in [0.5, 0.6) is 0 Å². The molecule has 0 radical (unpaired) electrons. The van der Waals surface area contributed by atoms with Crippen molar-refractivity contribution in [2.75, 3.05) is 0 Å². The van der Waals surface area contributed by atoms with E-state index in [0.717, 1.165) is 5.65 Å². The molecule has 1 N–H and O–H groups in total. The fourth-order valence-electron chi connectivity index (χ4n) is 1.62. The highest BCUT2D eigenvalue weighted by Gasteiger charge is 2.19. The lowest BCUT2D eigenvalue weighted by molar-refractivity contribution is 0.0697. The fourth-order valence-corrected chi connectivity index (χ4v) is 1.62. The van der Waals surface area contributed by atoms with Crippen LogP contribution < -0.4 is 0 Å². The normalized spacial score (nSPS) is 10.8. The second-order valence-electron chi connectivity index (χ2n) is 3.47. The first-order chi connectivity index (χ1) is 8.25. The molecule has 6 heteroatoms. The molecule has 0 saturated carbocycles. The number of aromatic carboxylic acids is 1. The maximum absolute atomic E-state index is 10.9. The summed E-state index contributed by atoms with van der Waals surface area (Å²) in [6.45, 7) is 0. The van der Waals surface area contributed by atoms with Gasteiger partial charge in [0.1, 0.15) is 16.9 Å².